The average molecular weight is 183 g/mol. The van der Waals surface area contributed by atoms with Gasteiger partial charge >= 0.3 is 0 Å². The van der Waals surface area contributed by atoms with Crippen molar-refractivity contribution in [3.8, 4) is 5.75 Å². The summed E-state index contributed by atoms with van der Waals surface area (Å²) in [4.78, 5) is 0. The van der Waals surface area contributed by atoms with Gasteiger partial charge in [-0.05, 0) is 29.0 Å². The zero-order chi connectivity index (χ0) is 9.80. The Morgan fingerprint density at radius 3 is 3.14 bits per heavy atom. The lowest BCUT2D eigenvalue weighted by Gasteiger charge is -2.03. The lowest BCUT2D eigenvalue weighted by Crippen LogP contribution is -1.91. The van der Waals surface area contributed by atoms with E-state index in [9.17, 15) is 0 Å². The first-order valence-corrected chi connectivity index (χ1v) is 4.54. The van der Waals surface area contributed by atoms with E-state index in [0.29, 0.717) is 6.61 Å². The average Bonchev–Trinajstić information content (AvgIpc) is 2.26. The van der Waals surface area contributed by atoms with Gasteiger partial charge in [0.2, 0.25) is 0 Å². The Morgan fingerprint density at radius 2 is 2.29 bits per heavy atom. The minimum Gasteiger partial charge on any atom is -0.490 e. The number of fused-ring (bicyclic) bond motifs is 1. The van der Waals surface area contributed by atoms with Crippen LogP contribution >= 0.6 is 0 Å². The minimum atomic E-state index is 0.540. The summed E-state index contributed by atoms with van der Waals surface area (Å²) in [6.45, 7) is 4.15. The summed E-state index contributed by atoms with van der Waals surface area (Å²) in [7, 11) is 0. The number of benzene rings is 2. The highest BCUT2D eigenvalue weighted by molar-refractivity contribution is 5.83. The first kappa shape index (κ1) is 8.82. The molecule has 2 rings (SSSR count). The molecule has 0 amide bonds. The molecule has 0 saturated carbocycles. The smallest absolute Gasteiger partial charge is 0.120 e. The molecular weight excluding hydrogens is 172 g/mol. The van der Waals surface area contributed by atoms with Gasteiger partial charge in [0.1, 0.15) is 12.4 Å². The van der Waals surface area contributed by atoms with Crippen LogP contribution in [0.15, 0.2) is 49.1 Å². The van der Waals surface area contributed by atoms with Gasteiger partial charge in [0, 0.05) is 0 Å². The third kappa shape index (κ3) is 1.77. The van der Waals surface area contributed by atoms with Crippen LogP contribution in [0.2, 0.25) is 0 Å². The molecule has 0 atom stereocenters. The quantitative estimate of drug-likeness (QED) is 0.664. The van der Waals surface area contributed by atoms with E-state index < -0.39 is 0 Å². The van der Waals surface area contributed by atoms with Crippen LogP contribution in [0, 0.1) is 6.07 Å². The molecular formula is C13H11O. The van der Waals surface area contributed by atoms with E-state index in [1.165, 1.54) is 5.39 Å². The number of ether oxygens (including phenoxy) is 1. The van der Waals surface area contributed by atoms with Gasteiger partial charge in [0.25, 0.3) is 0 Å². The first-order valence-electron chi connectivity index (χ1n) is 4.54. The van der Waals surface area contributed by atoms with Crippen LogP contribution in [0.4, 0.5) is 0 Å². The summed E-state index contributed by atoms with van der Waals surface area (Å²) in [6.07, 6.45) is 1.74. The van der Waals surface area contributed by atoms with Crippen LogP contribution in [0.5, 0.6) is 5.75 Å². The second-order valence-corrected chi connectivity index (χ2v) is 3.02. The maximum Gasteiger partial charge on any atom is 0.120 e. The van der Waals surface area contributed by atoms with Crippen molar-refractivity contribution in [3.05, 3.63) is 55.1 Å². The monoisotopic (exact) mass is 183 g/mol. The molecule has 2 aromatic carbocycles. The number of hydrogen-bond donors (Lipinski definition) is 0. The van der Waals surface area contributed by atoms with Crippen molar-refractivity contribution in [2.75, 3.05) is 6.61 Å². The Kier molecular flexibility index (Phi) is 2.50. The summed E-state index contributed by atoms with van der Waals surface area (Å²) < 4.78 is 5.43. The molecule has 0 spiro atoms. The van der Waals surface area contributed by atoms with Crippen molar-refractivity contribution < 1.29 is 4.74 Å². The van der Waals surface area contributed by atoms with E-state index in [2.05, 4.69) is 18.7 Å². The van der Waals surface area contributed by atoms with Crippen LogP contribution in [0.25, 0.3) is 10.8 Å². The van der Waals surface area contributed by atoms with E-state index in [1.807, 2.05) is 30.3 Å². The molecule has 69 valence electrons. The SMILES string of the molecule is C=CCOc1ccc2ccc[c]c2c1. The third-order valence-corrected chi connectivity index (χ3v) is 2.00. The molecule has 1 heteroatoms. The predicted molar refractivity (Wildman–Crippen MR) is 58.5 cm³/mol. The Morgan fingerprint density at radius 1 is 1.36 bits per heavy atom. The lowest BCUT2D eigenvalue weighted by atomic mass is 10.1. The van der Waals surface area contributed by atoms with Gasteiger partial charge in [-0.15, -0.1) is 0 Å². The molecule has 0 heterocycles. The van der Waals surface area contributed by atoms with E-state index >= 15 is 0 Å². The van der Waals surface area contributed by atoms with Crippen LogP contribution < -0.4 is 4.74 Å². The van der Waals surface area contributed by atoms with Gasteiger partial charge in [0.05, 0.1) is 0 Å². The van der Waals surface area contributed by atoms with E-state index in [1.54, 1.807) is 6.08 Å². The van der Waals surface area contributed by atoms with Crippen molar-refractivity contribution in [1.82, 2.24) is 0 Å². The zero-order valence-corrected chi connectivity index (χ0v) is 7.86. The summed E-state index contributed by atoms with van der Waals surface area (Å²) in [6, 6.07) is 15.1. The van der Waals surface area contributed by atoms with Gasteiger partial charge in [-0.2, -0.15) is 0 Å². The zero-order valence-electron chi connectivity index (χ0n) is 7.86. The predicted octanol–water partition coefficient (Wildman–Crippen LogP) is 3.20. The fourth-order valence-corrected chi connectivity index (χ4v) is 1.34. The molecule has 1 radical (unpaired) electrons. The molecule has 2 aromatic rings. The highest BCUT2D eigenvalue weighted by Gasteiger charge is 1.95. The van der Waals surface area contributed by atoms with E-state index in [4.69, 9.17) is 4.74 Å². The Hall–Kier alpha value is -1.76. The Balaban J connectivity index is 2.36. The van der Waals surface area contributed by atoms with Crippen LogP contribution in [0.1, 0.15) is 0 Å². The fourth-order valence-electron chi connectivity index (χ4n) is 1.34. The topological polar surface area (TPSA) is 9.23 Å². The van der Waals surface area contributed by atoms with Crippen molar-refractivity contribution in [2.45, 2.75) is 0 Å². The summed E-state index contributed by atoms with van der Waals surface area (Å²) >= 11 is 0. The largest absolute Gasteiger partial charge is 0.490 e. The molecule has 0 aliphatic carbocycles. The van der Waals surface area contributed by atoms with Gasteiger partial charge in [-0.3, -0.25) is 0 Å². The Labute approximate surface area is 83.6 Å². The second-order valence-electron chi connectivity index (χ2n) is 3.02. The molecule has 0 bridgehead atoms. The fraction of sp³-hybridized carbons (Fsp3) is 0.0769. The minimum absolute atomic E-state index is 0.540. The molecule has 0 saturated heterocycles. The maximum absolute atomic E-state index is 5.43. The standard InChI is InChI=1S/C13H11O/c1-2-9-14-13-8-7-11-5-3-4-6-12(11)10-13/h2-5,7-8,10H,1,9H2. The van der Waals surface area contributed by atoms with Gasteiger partial charge in [0.15, 0.2) is 0 Å². The van der Waals surface area contributed by atoms with Crippen molar-refractivity contribution in [1.29, 1.82) is 0 Å². The van der Waals surface area contributed by atoms with Crippen LogP contribution in [-0.4, -0.2) is 6.61 Å². The van der Waals surface area contributed by atoms with Crippen molar-refractivity contribution in [3.63, 3.8) is 0 Å². The van der Waals surface area contributed by atoms with Gasteiger partial charge < -0.3 is 4.74 Å². The molecule has 1 nitrogen and oxygen atoms in total. The van der Waals surface area contributed by atoms with Crippen molar-refractivity contribution >= 4 is 10.8 Å². The van der Waals surface area contributed by atoms with Crippen LogP contribution in [-0.2, 0) is 0 Å². The summed E-state index contributed by atoms with van der Waals surface area (Å²) in [5, 5.41) is 2.26. The number of rotatable bonds is 3. The summed E-state index contributed by atoms with van der Waals surface area (Å²) in [5.74, 6) is 0.861. The molecule has 0 fully saturated rings. The highest BCUT2D eigenvalue weighted by atomic mass is 16.5. The summed E-state index contributed by atoms with van der Waals surface area (Å²) in [5.41, 5.74) is 0. The molecule has 0 aliphatic heterocycles. The van der Waals surface area contributed by atoms with Gasteiger partial charge in [-0.1, -0.05) is 36.9 Å². The van der Waals surface area contributed by atoms with Crippen LogP contribution in [0.3, 0.4) is 0 Å². The maximum atomic E-state index is 5.43. The molecule has 0 aromatic heterocycles. The lowest BCUT2D eigenvalue weighted by molar-refractivity contribution is 0.364. The molecule has 0 aliphatic rings. The molecule has 0 unspecified atom stereocenters. The molecule has 14 heavy (non-hydrogen) atoms. The second kappa shape index (κ2) is 3.97. The highest BCUT2D eigenvalue weighted by Crippen LogP contribution is 2.19. The van der Waals surface area contributed by atoms with Crippen molar-refractivity contribution in [2.24, 2.45) is 0 Å². The molecule has 0 N–H and O–H groups in total. The number of hydrogen-bond acceptors (Lipinski definition) is 1. The van der Waals surface area contributed by atoms with E-state index in [0.717, 1.165) is 11.1 Å². The Bertz CT molecular complexity index is 446. The first-order chi connectivity index (χ1) is 6.90. The third-order valence-electron chi connectivity index (χ3n) is 2.00. The van der Waals surface area contributed by atoms with Gasteiger partial charge in [-0.25, -0.2) is 0 Å². The van der Waals surface area contributed by atoms with E-state index in [-0.39, 0.29) is 0 Å². The normalized spacial score (nSPS) is 10.0.